The average Bonchev–Trinajstić information content (AvgIpc) is 2.26. The molecule has 0 spiro atoms. The number of esters is 1. The summed E-state index contributed by atoms with van der Waals surface area (Å²) in [5, 5.41) is 2.62. The normalized spacial score (nSPS) is 9.06. The van der Waals surface area contributed by atoms with E-state index >= 15 is 0 Å². The third-order valence-electron chi connectivity index (χ3n) is 1.88. The quantitative estimate of drug-likeness (QED) is 0.844. The summed E-state index contributed by atoms with van der Waals surface area (Å²) in [4.78, 5) is 22.2. The Morgan fingerprint density at radius 3 is 2.29 bits per heavy atom. The van der Waals surface area contributed by atoms with Crippen LogP contribution in [0.3, 0.4) is 0 Å². The second-order valence-corrected chi connectivity index (χ2v) is 3.39. The molecule has 0 unspecified atom stereocenters. The van der Waals surface area contributed by atoms with Crippen LogP contribution in [-0.4, -0.2) is 18.5 Å². The summed E-state index contributed by atoms with van der Waals surface area (Å²) in [6.07, 6.45) is 0.801. The second kappa shape index (κ2) is 7.68. The fourth-order valence-corrected chi connectivity index (χ4v) is 1.17. The summed E-state index contributed by atoms with van der Waals surface area (Å²) < 4.78 is 4.97. The summed E-state index contributed by atoms with van der Waals surface area (Å²) in [5.41, 5.74) is 1.15. The van der Waals surface area contributed by atoms with E-state index in [4.69, 9.17) is 4.74 Å². The highest BCUT2D eigenvalue weighted by Crippen LogP contribution is 2.10. The number of halogens is 1. The number of benzene rings is 1. The van der Waals surface area contributed by atoms with Crippen molar-refractivity contribution in [1.82, 2.24) is 0 Å². The molecule has 1 rings (SSSR count). The summed E-state index contributed by atoms with van der Waals surface area (Å²) in [7, 11) is 0. The molecule has 0 aliphatic rings. The van der Waals surface area contributed by atoms with Crippen LogP contribution in [-0.2, 0) is 9.53 Å². The van der Waals surface area contributed by atoms with Crippen molar-refractivity contribution in [2.45, 2.75) is 20.3 Å². The van der Waals surface area contributed by atoms with E-state index in [1.165, 1.54) is 6.92 Å². The molecule has 17 heavy (non-hydrogen) atoms. The van der Waals surface area contributed by atoms with E-state index < -0.39 is 0 Å². The van der Waals surface area contributed by atoms with Gasteiger partial charge in [0, 0.05) is 12.6 Å². The highest BCUT2D eigenvalue weighted by Gasteiger charge is 2.06. The molecular formula is C12H16ClNO3. The topological polar surface area (TPSA) is 55.4 Å². The van der Waals surface area contributed by atoms with Gasteiger partial charge in [-0.1, -0.05) is 6.92 Å². The molecule has 0 saturated heterocycles. The fourth-order valence-electron chi connectivity index (χ4n) is 1.17. The van der Waals surface area contributed by atoms with Crippen LogP contribution in [0.15, 0.2) is 24.3 Å². The predicted molar refractivity (Wildman–Crippen MR) is 68.6 cm³/mol. The molecule has 94 valence electrons. The van der Waals surface area contributed by atoms with Crippen LogP contribution < -0.4 is 5.32 Å². The highest BCUT2D eigenvalue weighted by atomic mass is 35.5. The molecule has 4 nitrogen and oxygen atoms in total. The fraction of sp³-hybridized carbons (Fsp3) is 0.333. The van der Waals surface area contributed by atoms with Gasteiger partial charge in [0.15, 0.2) is 0 Å². The summed E-state index contributed by atoms with van der Waals surface area (Å²) in [6.45, 7) is 3.79. The average molecular weight is 258 g/mol. The van der Waals surface area contributed by atoms with Crippen LogP contribution in [0.1, 0.15) is 30.6 Å². The van der Waals surface area contributed by atoms with Crippen molar-refractivity contribution in [2.75, 3.05) is 11.9 Å². The second-order valence-electron chi connectivity index (χ2n) is 3.39. The Morgan fingerprint density at radius 1 is 1.24 bits per heavy atom. The number of anilines is 1. The van der Waals surface area contributed by atoms with Gasteiger partial charge in [0.05, 0.1) is 12.2 Å². The molecule has 1 N–H and O–H groups in total. The molecule has 0 atom stereocenters. The van der Waals surface area contributed by atoms with Gasteiger partial charge in [-0.15, -0.1) is 12.4 Å². The molecule has 1 aromatic carbocycles. The largest absolute Gasteiger partial charge is 0.462 e. The van der Waals surface area contributed by atoms with E-state index in [-0.39, 0.29) is 24.3 Å². The lowest BCUT2D eigenvalue weighted by Crippen LogP contribution is -2.08. The van der Waals surface area contributed by atoms with Gasteiger partial charge < -0.3 is 10.1 Å². The molecule has 0 bridgehead atoms. The van der Waals surface area contributed by atoms with Crippen LogP contribution in [0.4, 0.5) is 5.69 Å². The third kappa shape index (κ3) is 5.36. The standard InChI is InChI=1S/C12H15NO3.ClH/c1-3-8-16-12(15)10-4-6-11(7-5-10)13-9(2)14;/h4-7H,3,8H2,1-2H3,(H,13,14);1H. The molecular weight excluding hydrogens is 242 g/mol. The van der Waals surface area contributed by atoms with E-state index in [1.807, 2.05) is 6.92 Å². The van der Waals surface area contributed by atoms with Gasteiger partial charge in [-0.2, -0.15) is 0 Å². The van der Waals surface area contributed by atoms with Crippen LogP contribution in [0.25, 0.3) is 0 Å². The van der Waals surface area contributed by atoms with Crippen molar-refractivity contribution in [3.8, 4) is 0 Å². The molecule has 1 aromatic rings. The first-order valence-corrected chi connectivity index (χ1v) is 5.18. The zero-order valence-electron chi connectivity index (χ0n) is 9.86. The maximum Gasteiger partial charge on any atom is 0.338 e. The highest BCUT2D eigenvalue weighted by molar-refractivity contribution is 5.92. The van der Waals surface area contributed by atoms with E-state index in [1.54, 1.807) is 24.3 Å². The van der Waals surface area contributed by atoms with Crippen molar-refractivity contribution in [2.24, 2.45) is 0 Å². The smallest absolute Gasteiger partial charge is 0.338 e. The number of ether oxygens (including phenoxy) is 1. The first-order chi connectivity index (χ1) is 7.63. The molecule has 0 aliphatic heterocycles. The maximum absolute atomic E-state index is 11.4. The zero-order valence-corrected chi connectivity index (χ0v) is 10.7. The SMILES string of the molecule is CCCOC(=O)c1ccc(NC(C)=O)cc1.Cl. The molecule has 1 amide bonds. The summed E-state index contributed by atoms with van der Waals surface area (Å²) in [5.74, 6) is -0.475. The molecule has 0 aromatic heterocycles. The number of carbonyl (C=O) groups is 2. The van der Waals surface area contributed by atoms with Crippen molar-refractivity contribution in [3.63, 3.8) is 0 Å². The van der Waals surface area contributed by atoms with Crippen molar-refractivity contribution in [1.29, 1.82) is 0 Å². The van der Waals surface area contributed by atoms with Gasteiger partial charge in [-0.3, -0.25) is 4.79 Å². The summed E-state index contributed by atoms with van der Waals surface area (Å²) >= 11 is 0. The van der Waals surface area contributed by atoms with Crippen molar-refractivity contribution >= 4 is 30.0 Å². The predicted octanol–water partition coefficient (Wildman–Crippen LogP) is 2.63. The Bertz CT molecular complexity index is 376. The van der Waals surface area contributed by atoms with Gasteiger partial charge in [0.1, 0.15) is 0 Å². The maximum atomic E-state index is 11.4. The van der Waals surface area contributed by atoms with E-state index in [2.05, 4.69) is 5.32 Å². The third-order valence-corrected chi connectivity index (χ3v) is 1.88. The Kier molecular flexibility index (Phi) is 6.98. The minimum absolute atomic E-state index is 0. The molecule has 0 heterocycles. The number of carbonyl (C=O) groups excluding carboxylic acids is 2. The lowest BCUT2D eigenvalue weighted by Gasteiger charge is -2.04. The molecule has 0 fully saturated rings. The number of rotatable bonds is 4. The monoisotopic (exact) mass is 257 g/mol. The Morgan fingerprint density at radius 2 is 1.82 bits per heavy atom. The first kappa shape index (κ1) is 15.4. The summed E-state index contributed by atoms with van der Waals surface area (Å²) in [6, 6.07) is 6.60. The van der Waals surface area contributed by atoms with Gasteiger partial charge in [-0.25, -0.2) is 4.79 Å². The first-order valence-electron chi connectivity index (χ1n) is 5.18. The van der Waals surface area contributed by atoms with Crippen LogP contribution in [0, 0.1) is 0 Å². The lowest BCUT2D eigenvalue weighted by molar-refractivity contribution is -0.114. The van der Waals surface area contributed by atoms with Crippen LogP contribution in [0.2, 0.25) is 0 Å². The van der Waals surface area contributed by atoms with Gasteiger partial charge >= 0.3 is 5.97 Å². The zero-order chi connectivity index (χ0) is 12.0. The van der Waals surface area contributed by atoms with E-state index in [0.717, 1.165) is 6.42 Å². The molecule has 5 heteroatoms. The minimum atomic E-state index is -0.337. The van der Waals surface area contributed by atoms with Crippen LogP contribution >= 0.6 is 12.4 Å². The number of hydrogen-bond donors (Lipinski definition) is 1. The molecule has 0 aliphatic carbocycles. The lowest BCUT2D eigenvalue weighted by atomic mass is 10.2. The Balaban J connectivity index is 0.00000256. The van der Waals surface area contributed by atoms with Crippen molar-refractivity contribution < 1.29 is 14.3 Å². The van der Waals surface area contributed by atoms with Crippen LogP contribution in [0.5, 0.6) is 0 Å². The minimum Gasteiger partial charge on any atom is -0.462 e. The van der Waals surface area contributed by atoms with Crippen molar-refractivity contribution in [3.05, 3.63) is 29.8 Å². The Hall–Kier alpha value is -1.55. The Labute approximate surface area is 107 Å². The van der Waals surface area contributed by atoms with Gasteiger partial charge in [-0.05, 0) is 30.7 Å². The molecule has 0 saturated carbocycles. The molecule has 0 radical (unpaired) electrons. The number of nitrogens with one attached hydrogen (secondary N) is 1. The number of amides is 1. The number of hydrogen-bond acceptors (Lipinski definition) is 3. The van der Waals surface area contributed by atoms with Gasteiger partial charge in [0.2, 0.25) is 5.91 Å². The van der Waals surface area contributed by atoms with E-state index in [0.29, 0.717) is 17.9 Å². The van der Waals surface area contributed by atoms with Gasteiger partial charge in [0.25, 0.3) is 0 Å². The van der Waals surface area contributed by atoms with E-state index in [9.17, 15) is 9.59 Å².